The summed E-state index contributed by atoms with van der Waals surface area (Å²) >= 11 is 0. The molecule has 0 spiro atoms. The Morgan fingerprint density at radius 3 is 2.94 bits per heavy atom. The summed E-state index contributed by atoms with van der Waals surface area (Å²) in [5.74, 6) is 0.882. The Morgan fingerprint density at radius 2 is 2.28 bits per heavy atom. The van der Waals surface area contributed by atoms with Gasteiger partial charge < -0.3 is 15.6 Å². The molecule has 0 unspecified atom stereocenters. The lowest BCUT2D eigenvalue weighted by molar-refractivity contribution is 0.679. The molecule has 18 heavy (non-hydrogen) atoms. The van der Waals surface area contributed by atoms with Crippen molar-refractivity contribution in [3.8, 4) is 6.07 Å². The molecule has 2 heterocycles. The predicted molar refractivity (Wildman–Crippen MR) is 68.8 cm³/mol. The summed E-state index contributed by atoms with van der Waals surface area (Å²) in [6.07, 6.45) is 1.99. The molecule has 0 atom stereocenters. The molecule has 0 fully saturated rings. The van der Waals surface area contributed by atoms with Crippen LogP contribution in [0.15, 0.2) is 6.33 Å². The van der Waals surface area contributed by atoms with Crippen LogP contribution >= 0.6 is 0 Å². The van der Waals surface area contributed by atoms with Crippen LogP contribution in [0.5, 0.6) is 0 Å². The number of anilines is 2. The average molecular weight is 245 g/mol. The van der Waals surface area contributed by atoms with Gasteiger partial charge in [0, 0.05) is 12.6 Å². The van der Waals surface area contributed by atoms with Gasteiger partial charge in [0.15, 0.2) is 11.5 Å². The van der Waals surface area contributed by atoms with Crippen molar-refractivity contribution >= 4 is 22.9 Å². The number of H-pyrrole nitrogens is 1. The van der Waals surface area contributed by atoms with Gasteiger partial charge in [0.2, 0.25) is 5.95 Å². The van der Waals surface area contributed by atoms with Gasteiger partial charge in [0.05, 0.1) is 18.8 Å². The van der Waals surface area contributed by atoms with Crippen molar-refractivity contribution in [3.05, 3.63) is 6.33 Å². The van der Waals surface area contributed by atoms with Gasteiger partial charge in [-0.05, 0) is 13.8 Å². The summed E-state index contributed by atoms with van der Waals surface area (Å²) in [6, 6.07) is 2.34. The van der Waals surface area contributed by atoms with E-state index in [4.69, 9.17) is 11.0 Å². The lowest BCUT2D eigenvalue weighted by Gasteiger charge is -2.27. The SMILES string of the molecule is CC(C)N(CCC#N)c1nc(N)nc2nc[nH]c12. The number of aromatic amines is 1. The van der Waals surface area contributed by atoms with E-state index in [2.05, 4.69) is 26.0 Å². The monoisotopic (exact) mass is 245 g/mol. The van der Waals surface area contributed by atoms with Crippen LogP contribution < -0.4 is 10.6 Å². The summed E-state index contributed by atoms with van der Waals surface area (Å²) in [4.78, 5) is 17.4. The van der Waals surface area contributed by atoms with Gasteiger partial charge in [-0.3, -0.25) is 0 Å². The van der Waals surface area contributed by atoms with Gasteiger partial charge in [0.25, 0.3) is 0 Å². The smallest absolute Gasteiger partial charge is 0.224 e. The van der Waals surface area contributed by atoms with E-state index in [1.807, 2.05) is 18.7 Å². The molecule has 2 aromatic rings. The van der Waals surface area contributed by atoms with E-state index in [0.29, 0.717) is 24.4 Å². The number of nitrogens with one attached hydrogen (secondary N) is 1. The van der Waals surface area contributed by atoms with Gasteiger partial charge in [-0.2, -0.15) is 15.2 Å². The molecule has 7 heteroatoms. The number of fused-ring (bicyclic) bond motifs is 1. The molecule has 2 aromatic heterocycles. The maximum atomic E-state index is 8.72. The molecule has 0 radical (unpaired) electrons. The highest BCUT2D eigenvalue weighted by Gasteiger charge is 2.17. The second-order valence-electron chi connectivity index (χ2n) is 4.20. The maximum absolute atomic E-state index is 8.72. The molecule has 0 aliphatic rings. The highest BCUT2D eigenvalue weighted by Crippen LogP contribution is 2.23. The third kappa shape index (κ3) is 2.18. The predicted octanol–water partition coefficient (Wildman–Crippen LogP) is 1.06. The molecule has 3 N–H and O–H groups in total. The number of aromatic nitrogens is 4. The molecule has 0 aliphatic carbocycles. The Morgan fingerprint density at radius 1 is 1.50 bits per heavy atom. The molecular formula is C11H15N7. The lowest BCUT2D eigenvalue weighted by Crippen LogP contribution is -2.32. The molecule has 2 rings (SSSR count). The number of nitrogens with two attached hydrogens (primary N) is 1. The third-order valence-electron chi connectivity index (χ3n) is 2.64. The fraction of sp³-hybridized carbons (Fsp3) is 0.455. The second kappa shape index (κ2) is 4.87. The van der Waals surface area contributed by atoms with Crippen LogP contribution in [-0.2, 0) is 0 Å². The Balaban J connectivity index is 2.49. The van der Waals surface area contributed by atoms with Crippen molar-refractivity contribution < 1.29 is 0 Å². The first kappa shape index (κ1) is 12.1. The highest BCUT2D eigenvalue weighted by molar-refractivity contribution is 5.84. The van der Waals surface area contributed by atoms with Crippen molar-refractivity contribution in [1.82, 2.24) is 19.9 Å². The first-order valence-corrected chi connectivity index (χ1v) is 5.73. The van der Waals surface area contributed by atoms with E-state index in [-0.39, 0.29) is 12.0 Å². The van der Waals surface area contributed by atoms with E-state index in [9.17, 15) is 0 Å². The fourth-order valence-corrected chi connectivity index (χ4v) is 1.82. The molecule has 0 amide bonds. The normalized spacial score (nSPS) is 10.8. The quantitative estimate of drug-likeness (QED) is 0.834. The van der Waals surface area contributed by atoms with Gasteiger partial charge in [0.1, 0.15) is 5.52 Å². The molecule has 0 saturated heterocycles. The lowest BCUT2D eigenvalue weighted by atomic mass is 10.2. The number of nitrogens with zero attached hydrogens (tertiary/aromatic N) is 5. The van der Waals surface area contributed by atoms with Crippen molar-refractivity contribution in [2.24, 2.45) is 0 Å². The number of hydrogen-bond acceptors (Lipinski definition) is 6. The molecule has 0 aromatic carbocycles. The van der Waals surface area contributed by atoms with Crippen LogP contribution in [0.4, 0.5) is 11.8 Å². The summed E-state index contributed by atoms with van der Waals surface area (Å²) in [5, 5.41) is 8.72. The summed E-state index contributed by atoms with van der Waals surface area (Å²) in [6.45, 7) is 4.68. The van der Waals surface area contributed by atoms with Crippen molar-refractivity contribution in [2.45, 2.75) is 26.3 Å². The van der Waals surface area contributed by atoms with E-state index in [0.717, 1.165) is 5.52 Å². The topological polar surface area (TPSA) is 108 Å². The van der Waals surface area contributed by atoms with Crippen molar-refractivity contribution in [1.29, 1.82) is 5.26 Å². The van der Waals surface area contributed by atoms with Crippen LogP contribution in [0.2, 0.25) is 0 Å². The summed E-state index contributed by atoms with van der Waals surface area (Å²) in [7, 11) is 0. The number of nitrogen functional groups attached to an aromatic ring is 1. The van der Waals surface area contributed by atoms with Crippen LogP contribution in [0.25, 0.3) is 11.2 Å². The van der Waals surface area contributed by atoms with E-state index in [1.54, 1.807) is 6.33 Å². The minimum Gasteiger partial charge on any atom is -0.368 e. The van der Waals surface area contributed by atoms with Gasteiger partial charge in [-0.15, -0.1) is 0 Å². The Hall–Kier alpha value is -2.36. The van der Waals surface area contributed by atoms with Crippen LogP contribution in [0.3, 0.4) is 0 Å². The molecule has 0 aliphatic heterocycles. The second-order valence-corrected chi connectivity index (χ2v) is 4.20. The molecular weight excluding hydrogens is 230 g/mol. The summed E-state index contributed by atoms with van der Waals surface area (Å²) < 4.78 is 0. The molecule has 94 valence electrons. The first-order valence-electron chi connectivity index (χ1n) is 5.73. The fourth-order valence-electron chi connectivity index (χ4n) is 1.82. The Labute approximate surface area is 105 Å². The Bertz CT molecular complexity index is 581. The number of rotatable bonds is 4. The zero-order valence-electron chi connectivity index (χ0n) is 10.4. The highest BCUT2D eigenvalue weighted by atomic mass is 15.2. The molecule has 7 nitrogen and oxygen atoms in total. The van der Waals surface area contributed by atoms with E-state index < -0.39 is 0 Å². The van der Waals surface area contributed by atoms with E-state index >= 15 is 0 Å². The van der Waals surface area contributed by atoms with Crippen LogP contribution in [0, 0.1) is 11.3 Å². The maximum Gasteiger partial charge on any atom is 0.224 e. The number of nitriles is 1. The zero-order chi connectivity index (χ0) is 13.1. The minimum atomic E-state index is 0.187. The van der Waals surface area contributed by atoms with Crippen molar-refractivity contribution in [3.63, 3.8) is 0 Å². The largest absolute Gasteiger partial charge is 0.368 e. The summed E-state index contributed by atoms with van der Waals surface area (Å²) in [5.41, 5.74) is 6.97. The van der Waals surface area contributed by atoms with Gasteiger partial charge in [-0.25, -0.2) is 4.98 Å². The van der Waals surface area contributed by atoms with Crippen LogP contribution in [0.1, 0.15) is 20.3 Å². The van der Waals surface area contributed by atoms with Gasteiger partial charge >= 0.3 is 0 Å². The number of imidazole rings is 1. The minimum absolute atomic E-state index is 0.187. The van der Waals surface area contributed by atoms with Crippen LogP contribution in [-0.4, -0.2) is 32.5 Å². The molecule has 0 saturated carbocycles. The number of hydrogen-bond donors (Lipinski definition) is 2. The Kier molecular flexibility index (Phi) is 3.28. The zero-order valence-corrected chi connectivity index (χ0v) is 10.4. The standard InChI is InChI=1S/C11H15N7/c1-7(2)18(5-3-4-12)10-8-9(15-6-14-8)16-11(13)17-10/h6-7H,3,5H2,1-2H3,(H3,13,14,15,16,17). The first-order chi connectivity index (χ1) is 8.63. The molecule has 0 bridgehead atoms. The average Bonchev–Trinajstić information content (AvgIpc) is 2.76. The van der Waals surface area contributed by atoms with Crippen molar-refractivity contribution in [2.75, 3.05) is 17.2 Å². The van der Waals surface area contributed by atoms with E-state index in [1.165, 1.54) is 0 Å². The third-order valence-corrected chi connectivity index (χ3v) is 2.64. The van der Waals surface area contributed by atoms with Gasteiger partial charge in [-0.1, -0.05) is 0 Å².